The van der Waals surface area contributed by atoms with Crippen LogP contribution in [0.15, 0.2) is 35.2 Å². The number of fused-ring (bicyclic) bond motifs is 1. The van der Waals surface area contributed by atoms with E-state index in [4.69, 9.17) is 11.6 Å². The standard InChI is InChI=1S/C15H17ClN2O2S/c1-18(10-11-3-2-4-11)21(19,20)13-6-7-14-12(9-13)5-8-15(16)17-14/h5-9,11H,2-4,10H2,1H3. The molecule has 0 bridgehead atoms. The van der Waals surface area contributed by atoms with Gasteiger partial charge in [0.2, 0.25) is 10.0 Å². The van der Waals surface area contributed by atoms with Crippen LogP contribution in [-0.2, 0) is 10.0 Å². The first-order chi connectivity index (χ1) is 9.96. The van der Waals surface area contributed by atoms with Gasteiger partial charge in [0.05, 0.1) is 10.4 Å². The van der Waals surface area contributed by atoms with E-state index in [2.05, 4.69) is 4.98 Å². The van der Waals surface area contributed by atoms with Gasteiger partial charge in [0.1, 0.15) is 5.15 Å². The van der Waals surface area contributed by atoms with E-state index in [0.29, 0.717) is 28.0 Å². The molecule has 112 valence electrons. The zero-order chi connectivity index (χ0) is 15.0. The maximum Gasteiger partial charge on any atom is 0.242 e. The molecule has 0 radical (unpaired) electrons. The summed E-state index contributed by atoms with van der Waals surface area (Å²) in [6.07, 6.45) is 3.46. The highest BCUT2D eigenvalue weighted by Gasteiger charge is 2.26. The van der Waals surface area contributed by atoms with Gasteiger partial charge in [0.15, 0.2) is 0 Å². The van der Waals surface area contributed by atoms with Gasteiger partial charge in [-0.25, -0.2) is 17.7 Å². The van der Waals surface area contributed by atoms with Crippen molar-refractivity contribution in [2.45, 2.75) is 24.2 Å². The molecule has 3 rings (SSSR count). The van der Waals surface area contributed by atoms with Gasteiger partial charge in [-0.3, -0.25) is 0 Å². The summed E-state index contributed by atoms with van der Waals surface area (Å²) in [5.74, 6) is 0.505. The molecule has 0 unspecified atom stereocenters. The number of sulfonamides is 1. The molecule has 21 heavy (non-hydrogen) atoms. The van der Waals surface area contributed by atoms with Gasteiger partial charge in [-0.05, 0) is 49.1 Å². The van der Waals surface area contributed by atoms with Crippen molar-refractivity contribution in [2.24, 2.45) is 5.92 Å². The summed E-state index contributed by atoms with van der Waals surface area (Å²) >= 11 is 5.84. The number of pyridine rings is 1. The summed E-state index contributed by atoms with van der Waals surface area (Å²) in [6, 6.07) is 8.41. The predicted molar refractivity (Wildman–Crippen MR) is 83.9 cm³/mol. The number of aromatic nitrogens is 1. The monoisotopic (exact) mass is 324 g/mol. The van der Waals surface area contributed by atoms with Crippen LogP contribution in [0, 0.1) is 5.92 Å². The second kappa shape index (κ2) is 5.55. The third-order valence-corrected chi connectivity index (χ3v) is 6.10. The van der Waals surface area contributed by atoms with Crippen molar-refractivity contribution >= 4 is 32.5 Å². The summed E-state index contributed by atoms with van der Waals surface area (Å²) in [5.41, 5.74) is 0.697. The van der Waals surface area contributed by atoms with Crippen molar-refractivity contribution in [1.82, 2.24) is 9.29 Å². The molecular weight excluding hydrogens is 308 g/mol. The summed E-state index contributed by atoms with van der Waals surface area (Å²) < 4.78 is 26.7. The highest BCUT2D eigenvalue weighted by atomic mass is 35.5. The second-order valence-corrected chi connectivity index (χ2v) is 8.00. The molecule has 1 aromatic carbocycles. The average Bonchev–Trinajstić information content (AvgIpc) is 2.41. The number of hydrogen-bond acceptors (Lipinski definition) is 3. The van der Waals surface area contributed by atoms with Crippen LogP contribution in [0.1, 0.15) is 19.3 Å². The minimum atomic E-state index is -3.44. The number of hydrogen-bond donors (Lipinski definition) is 0. The van der Waals surface area contributed by atoms with Crippen LogP contribution >= 0.6 is 11.6 Å². The van der Waals surface area contributed by atoms with Crippen molar-refractivity contribution in [3.05, 3.63) is 35.5 Å². The van der Waals surface area contributed by atoms with E-state index in [9.17, 15) is 8.42 Å². The van der Waals surface area contributed by atoms with E-state index in [-0.39, 0.29) is 0 Å². The zero-order valence-corrected chi connectivity index (χ0v) is 13.4. The maximum absolute atomic E-state index is 12.6. The molecule has 6 heteroatoms. The Labute approximate surface area is 129 Å². The summed E-state index contributed by atoms with van der Waals surface area (Å²) in [7, 11) is -1.79. The molecule has 1 heterocycles. The van der Waals surface area contributed by atoms with Gasteiger partial charge in [-0.1, -0.05) is 18.0 Å². The predicted octanol–water partition coefficient (Wildman–Crippen LogP) is 3.31. The van der Waals surface area contributed by atoms with Crippen LogP contribution in [0.2, 0.25) is 5.15 Å². The Balaban J connectivity index is 1.92. The van der Waals surface area contributed by atoms with Crippen LogP contribution in [0.4, 0.5) is 0 Å². The normalized spacial score (nSPS) is 16.3. The highest BCUT2D eigenvalue weighted by Crippen LogP contribution is 2.29. The Morgan fingerprint density at radius 3 is 2.71 bits per heavy atom. The topological polar surface area (TPSA) is 50.3 Å². The Bertz CT molecular complexity index is 772. The largest absolute Gasteiger partial charge is 0.242 e. The van der Waals surface area contributed by atoms with Crippen molar-refractivity contribution in [2.75, 3.05) is 13.6 Å². The molecule has 0 atom stereocenters. The molecule has 0 amide bonds. The van der Waals surface area contributed by atoms with Gasteiger partial charge in [0.25, 0.3) is 0 Å². The summed E-state index contributed by atoms with van der Waals surface area (Å²) in [5, 5.41) is 1.18. The van der Waals surface area contributed by atoms with Crippen molar-refractivity contribution < 1.29 is 8.42 Å². The number of halogens is 1. The fraction of sp³-hybridized carbons (Fsp3) is 0.400. The molecule has 4 nitrogen and oxygen atoms in total. The lowest BCUT2D eigenvalue weighted by Gasteiger charge is -2.29. The number of benzene rings is 1. The van der Waals surface area contributed by atoms with E-state index in [1.165, 1.54) is 10.7 Å². The van der Waals surface area contributed by atoms with Gasteiger partial charge in [0, 0.05) is 19.0 Å². The molecule has 0 N–H and O–H groups in total. The van der Waals surface area contributed by atoms with E-state index >= 15 is 0 Å². The van der Waals surface area contributed by atoms with E-state index in [1.807, 2.05) is 0 Å². The number of rotatable bonds is 4. The minimum absolute atomic E-state index is 0.306. The molecule has 1 fully saturated rings. The van der Waals surface area contributed by atoms with Crippen LogP contribution in [-0.4, -0.2) is 31.3 Å². The maximum atomic E-state index is 12.6. The van der Waals surface area contributed by atoms with E-state index < -0.39 is 10.0 Å². The van der Waals surface area contributed by atoms with Crippen LogP contribution in [0.25, 0.3) is 10.9 Å². The first kappa shape index (κ1) is 14.8. The minimum Gasteiger partial charge on any atom is -0.236 e. The molecule has 0 spiro atoms. The fourth-order valence-corrected chi connectivity index (χ4v) is 3.99. The second-order valence-electron chi connectivity index (χ2n) is 5.57. The Morgan fingerprint density at radius 2 is 2.05 bits per heavy atom. The first-order valence-electron chi connectivity index (χ1n) is 6.99. The quantitative estimate of drug-likeness (QED) is 0.811. The van der Waals surface area contributed by atoms with Crippen LogP contribution in [0.5, 0.6) is 0 Å². The smallest absolute Gasteiger partial charge is 0.236 e. The van der Waals surface area contributed by atoms with Gasteiger partial charge >= 0.3 is 0 Å². The summed E-state index contributed by atoms with van der Waals surface area (Å²) in [6.45, 7) is 0.596. The molecule has 1 aliphatic rings. The van der Waals surface area contributed by atoms with Crippen molar-refractivity contribution in [1.29, 1.82) is 0 Å². The van der Waals surface area contributed by atoms with Crippen LogP contribution < -0.4 is 0 Å². The Morgan fingerprint density at radius 1 is 1.29 bits per heavy atom. The van der Waals surface area contributed by atoms with E-state index in [1.54, 1.807) is 37.4 Å². The Kier molecular flexibility index (Phi) is 3.90. The zero-order valence-electron chi connectivity index (χ0n) is 11.8. The lowest BCUT2D eigenvalue weighted by Crippen LogP contribution is -2.34. The third-order valence-electron chi connectivity index (χ3n) is 4.07. The van der Waals surface area contributed by atoms with Gasteiger partial charge in [-0.2, -0.15) is 0 Å². The molecule has 0 aliphatic heterocycles. The molecule has 2 aromatic rings. The lowest BCUT2D eigenvalue weighted by molar-refractivity contribution is 0.263. The molecular formula is C15H17ClN2O2S. The third kappa shape index (κ3) is 2.91. The Hall–Kier alpha value is -1.17. The van der Waals surface area contributed by atoms with Crippen LogP contribution in [0.3, 0.4) is 0 Å². The molecule has 0 saturated heterocycles. The SMILES string of the molecule is CN(CC1CCC1)S(=O)(=O)c1ccc2nc(Cl)ccc2c1. The fourth-order valence-electron chi connectivity index (χ4n) is 2.56. The van der Waals surface area contributed by atoms with Crippen molar-refractivity contribution in [3.8, 4) is 0 Å². The molecule has 1 aromatic heterocycles. The molecule has 1 saturated carbocycles. The van der Waals surface area contributed by atoms with Gasteiger partial charge in [-0.15, -0.1) is 0 Å². The van der Waals surface area contributed by atoms with Gasteiger partial charge < -0.3 is 0 Å². The van der Waals surface area contributed by atoms with Crippen molar-refractivity contribution in [3.63, 3.8) is 0 Å². The molecule has 1 aliphatic carbocycles. The number of nitrogens with zero attached hydrogens (tertiary/aromatic N) is 2. The van der Waals surface area contributed by atoms with E-state index in [0.717, 1.165) is 18.2 Å². The average molecular weight is 325 g/mol. The highest BCUT2D eigenvalue weighted by molar-refractivity contribution is 7.89. The summed E-state index contributed by atoms with van der Waals surface area (Å²) in [4.78, 5) is 4.48. The first-order valence-corrected chi connectivity index (χ1v) is 8.81. The lowest BCUT2D eigenvalue weighted by atomic mass is 9.86.